The van der Waals surface area contributed by atoms with E-state index < -0.39 is 5.82 Å². The van der Waals surface area contributed by atoms with Gasteiger partial charge in [-0.25, -0.2) is 4.39 Å². The summed E-state index contributed by atoms with van der Waals surface area (Å²) in [5, 5.41) is 0. The van der Waals surface area contributed by atoms with Crippen LogP contribution in [0.4, 0.5) is 4.39 Å². The number of carbonyl (C=O) groups is 2. The molecule has 166 valence electrons. The Balaban J connectivity index is 1.34. The van der Waals surface area contributed by atoms with Crippen LogP contribution in [0.25, 0.3) is 0 Å². The minimum atomic E-state index is -0.477. The second-order valence-electron chi connectivity index (χ2n) is 8.66. The molecular weight excluding hydrogens is 395 g/mol. The number of benzene rings is 1. The van der Waals surface area contributed by atoms with Crippen molar-refractivity contribution in [3.63, 3.8) is 0 Å². The van der Waals surface area contributed by atoms with Crippen molar-refractivity contribution in [3.05, 3.63) is 59.7 Å². The Morgan fingerprint density at radius 2 is 1.87 bits per heavy atom. The van der Waals surface area contributed by atoms with Gasteiger partial charge in [0.1, 0.15) is 5.82 Å². The normalized spacial score (nSPS) is 20.6. The van der Waals surface area contributed by atoms with Crippen LogP contribution in [0.3, 0.4) is 0 Å². The number of hydrogen-bond acceptors (Lipinski definition) is 5. The van der Waals surface area contributed by atoms with Crippen LogP contribution >= 0.6 is 0 Å². The van der Waals surface area contributed by atoms with E-state index in [9.17, 15) is 14.0 Å². The Bertz CT molecular complexity index is 876. The van der Waals surface area contributed by atoms with Gasteiger partial charge in [-0.05, 0) is 43.3 Å². The van der Waals surface area contributed by atoms with Crippen molar-refractivity contribution in [2.24, 2.45) is 0 Å². The molecule has 3 heterocycles. The Kier molecular flexibility index (Phi) is 6.70. The molecule has 3 aliphatic heterocycles. The van der Waals surface area contributed by atoms with Crippen LogP contribution in [0.15, 0.2) is 42.8 Å². The summed E-state index contributed by atoms with van der Waals surface area (Å²) in [6.45, 7) is 8.34. The summed E-state index contributed by atoms with van der Waals surface area (Å²) in [5.74, 6) is -0.593. The molecule has 1 saturated heterocycles. The third-order valence-electron chi connectivity index (χ3n) is 6.39. The second-order valence-corrected chi connectivity index (χ2v) is 8.66. The maximum Gasteiger partial charge on any atom is 0.256 e. The van der Waals surface area contributed by atoms with Gasteiger partial charge >= 0.3 is 0 Å². The lowest BCUT2D eigenvalue weighted by Crippen LogP contribution is -2.53. The molecule has 3 aliphatic rings. The first-order valence-corrected chi connectivity index (χ1v) is 11.2. The van der Waals surface area contributed by atoms with Crippen molar-refractivity contribution in [3.8, 4) is 0 Å². The second kappa shape index (κ2) is 9.64. The number of halogens is 1. The Morgan fingerprint density at radius 1 is 1.06 bits per heavy atom. The first-order valence-electron chi connectivity index (χ1n) is 11.2. The van der Waals surface area contributed by atoms with Crippen molar-refractivity contribution in [2.75, 3.05) is 45.8 Å². The number of rotatable bonds is 6. The van der Waals surface area contributed by atoms with Gasteiger partial charge in [0, 0.05) is 71.0 Å². The molecule has 0 N–H and O–H groups in total. The SMILES string of the molecule is CC(CN1C=CCC1)N1CCN(C(=O)c2cc(CN3C=CC(=O)CC3)ccc2F)CC1. The van der Waals surface area contributed by atoms with Crippen LogP contribution in [0, 0.1) is 5.82 Å². The Morgan fingerprint density at radius 3 is 2.55 bits per heavy atom. The van der Waals surface area contributed by atoms with Crippen LogP contribution in [0.1, 0.15) is 35.7 Å². The summed E-state index contributed by atoms with van der Waals surface area (Å²) in [7, 11) is 0. The molecule has 6 nitrogen and oxygen atoms in total. The van der Waals surface area contributed by atoms with Crippen molar-refractivity contribution >= 4 is 11.7 Å². The van der Waals surface area contributed by atoms with Crippen LogP contribution in [0.2, 0.25) is 0 Å². The summed E-state index contributed by atoms with van der Waals surface area (Å²) in [5.41, 5.74) is 1.01. The molecule has 1 unspecified atom stereocenters. The maximum atomic E-state index is 14.5. The van der Waals surface area contributed by atoms with E-state index in [1.54, 1.807) is 29.3 Å². The quantitative estimate of drug-likeness (QED) is 0.700. The number of nitrogens with zero attached hydrogens (tertiary/aromatic N) is 4. The first kappa shape index (κ1) is 21.6. The number of amides is 1. The van der Waals surface area contributed by atoms with Gasteiger partial charge in [0.15, 0.2) is 5.78 Å². The highest BCUT2D eigenvalue weighted by Crippen LogP contribution is 2.18. The molecule has 0 aromatic heterocycles. The van der Waals surface area contributed by atoms with Crippen LogP contribution in [0.5, 0.6) is 0 Å². The molecular formula is C24H31FN4O2. The van der Waals surface area contributed by atoms with Gasteiger partial charge in [0.2, 0.25) is 0 Å². The van der Waals surface area contributed by atoms with E-state index in [2.05, 4.69) is 29.0 Å². The standard InChI is InChI=1S/C24H31FN4O2/c1-19(17-26-8-2-3-9-26)28-12-14-29(15-13-28)24(31)22-16-20(4-5-23(22)25)18-27-10-6-21(30)7-11-27/h2,4-6,8,10,16,19H,3,7,9,11-15,17-18H2,1H3. The van der Waals surface area contributed by atoms with Gasteiger partial charge in [0.25, 0.3) is 5.91 Å². The largest absolute Gasteiger partial charge is 0.376 e. The zero-order chi connectivity index (χ0) is 21.8. The van der Waals surface area contributed by atoms with E-state index in [4.69, 9.17) is 0 Å². The van der Waals surface area contributed by atoms with Crippen LogP contribution in [-0.2, 0) is 11.3 Å². The van der Waals surface area contributed by atoms with Crippen molar-refractivity contribution in [1.29, 1.82) is 0 Å². The highest BCUT2D eigenvalue weighted by molar-refractivity contribution is 5.94. The fourth-order valence-electron chi connectivity index (χ4n) is 4.48. The van der Waals surface area contributed by atoms with E-state index in [-0.39, 0.29) is 17.3 Å². The lowest BCUT2D eigenvalue weighted by atomic mass is 10.1. The van der Waals surface area contributed by atoms with E-state index in [1.807, 2.05) is 4.90 Å². The fraction of sp³-hybridized carbons (Fsp3) is 0.500. The van der Waals surface area contributed by atoms with Crippen LogP contribution < -0.4 is 0 Å². The van der Waals surface area contributed by atoms with E-state index in [1.165, 1.54) is 6.07 Å². The smallest absolute Gasteiger partial charge is 0.256 e. The van der Waals surface area contributed by atoms with E-state index in [0.29, 0.717) is 38.6 Å². The van der Waals surface area contributed by atoms with Crippen molar-refractivity contribution < 1.29 is 14.0 Å². The zero-order valence-electron chi connectivity index (χ0n) is 18.2. The molecule has 1 fully saturated rings. The first-order chi connectivity index (χ1) is 15.0. The molecule has 1 amide bonds. The van der Waals surface area contributed by atoms with Gasteiger partial charge in [-0.15, -0.1) is 0 Å². The van der Waals surface area contributed by atoms with Gasteiger partial charge in [-0.1, -0.05) is 12.1 Å². The topological polar surface area (TPSA) is 47.1 Å². The molecule has 1 atom stereocenters. The average Bonchev–Trinajstić information content (AvgIpc) is 3.29. The summed E-state index contributed by atoms with van der Waals surface area (Å²) in [6, 6.07) is 5.17. The highest BCUT2D eigenvalue weighted by Gasteiger charge is 2.27. The monoisotopic (exact) mass is 426 g/mol. The lowest BCUT2D eigenvalue weighted by Gasteiger charge is -2.39. The third kappa shape index (κ3) is 5.34. The molecule has 1 aromatic rings. The molecule has 4 rings (SSSR count). The molecule has 0 radical (unpaired) electrons. The zero-order valence-corrected chi connectivity index (χ0v) is 18.2. The summed E-state index contributed by atoms with van der Waals surface area (Å²) in [6.07, 6.45) is 9.32. The molecule has 31 heavy (non-hydrogen) atoms. The van der Waals surface area contributed by atoms with Gasteiger partial charge in [-0.3, -0.25) is 14.5 Å². The summed E-state index contributed by atoms with van der Waals surface area (Å²) >= 11 is 0. The predicted octanol–water partition coefficient (Wildman–Crippen LogP) is 2.48. The molecule has 0 aliphatic carbocycles. The third-order valence-corrected chi connectivity index (χ3v) is 6.39. The van der Waals surface area contributed by atoms with Gasteiger partial charge in [-0.2, -0.15) is 0 Å². The minimum absolute atomic E-state index is 0.122. The Hall–Kier alpha value is -2.67. The lowest BCUT2D eigenvalue weighted by molar-refractivity contribution is -0.115. The summed E-state index contributed by atoms with van der Waals surface area (Å²) < 4.78 is 14.5. The maximum absolute atomic E-state index is 14.5. The number of carbonyl (C=O) groups excluding carboxylic acids is 2. The molecule has 0 saturated carbocycles. The fourth-order valence-corrected chi connectivity index (χ4v) is 4.48. The Labute approximate surface area is 183 Å². The molecule has 0 spiro atoms. The van der Waals surface area contributed by atoms with Crippen molar-refractivity contribution in [1.82, 2.24) is 19.6 Å². The number of piperazine rings is 1. The van der Waals surface area contributed by atoms with E-state index >= 15 is 0 Å². The average molecular weight is 427 g/mol. The van der Waals surface area contributed by atoms with Gasteiger partial charge in [0.05, 0.1) is 5.56 Å². The molecule has 7 heteroatoms. The number of allylic oxidation sites excluding steroid dienone is 1. The van der Waals surface area contributed by atoms with E-state index in [0.717, 1.165) is 38.2 Å². The molecule has 1 aromatic carbocycles. The van der Waals surface area contributed by atoms with Gasteiger partial charge < -0.3 is 14.7 Å². The summed E-state index contributed by atoms with van der Waals surface area (Å²) in [4.78, 5) is 32.9. The highest BCUT2D eigenvalue weighted by atomic mass is 19.1. The minimum Gasteiger partial charge on any atom is -0.376 e. The molecule has 0 bridgehead atoms. The predicted molar refractivity (Wildman–Crippen MR) is 118 cm³/mol. The number of ketones is 1. The number of hydrogen-bond donors (Lipinski definition) is 0. The van der Waals surface area contributed by atoms with Crippen LogP contribution in [-0.4, -0.2) is 83.1 Å². The van der Waals surface area contributed by atoms with Crippen molar-refractivity contribution in [2.45, 2.75) is 32.4 Å².